The van der Waals surface area contributed by atoms with E-state index in [1.807, 2.05) is 0 Å². The molecule has 1 aromatic carbocycles. The lowest BCUT2D eigenvalue weighted by molar-refractivity contribution is 0.0505. The van der Waals surface area contributed by atoms with Crippen LogP contribution >= 0.6 is 15.9 Å². The molecular formula is C8H8BrO3. The number of phenolic OH excluding ortho intramolecular Hbond substituents is 1. The highest BCUT2D eigenvalue weighted by Crippen LogP contribution is 2.27. The Morgan fingerprint density at radius 1 is 1.67 bits per heavy atom. The molecule has 1 rings (SSSR count). The van der Waals surface area contributed by atoms with Crippen LogP contribution in [0.25, 0.3) is 0 Å². The molecule has 0 aliphatic rings. The molecular weight excluding hydrogens is 224 g/mol. The number of ether oxygens (including phenoxy) is 2. The topological polar surface area (TPSA) is 38.7 Å². The predicted octanol–water partition coefficient (Wildman–Crippen LogP) is 1.94. The van der Waals surface area contributed by atoms with Crippen LogP contribution in [0.3, 0.4) is 0 Å². The van der Waals surface area contributed by atoms with Crippen molar-refractivity contribution in [3.05, 3.63) is 22.7 Å². The van der Waals surface area contributed by atoms with E-state index in [-0.39, 0.29) is 12.5 Å². The van der Waals surface area contributed by atoms with Crippen LogP contribution in [0.2, 0.25) is 0 Å². The average Bonchev–Trinajstić information content (AvgIpc) is 2.03. The SMILES string of the molecule is COCOc1c[c]c(O)cc1Br. The van der Waals surface area contributed by atoms with Crippen LogP contribution in [0.5, 0.6) is 11.5 Å². The zero-order valence-corrected chi connectivity index (χ0v) is 8.09. The van der Waals surface area contributed by atoms with Gasteiger partial charge in [-0.15, -0.1) is 0 Å². The highest BCUT2D eigenvalue weighted by molar-refractivity contribution is 9.10. The lowest BCUT2D eigenvalue weighted by Crippen LogP contribution is -1.98. The first kappa shape index (κ1) is 9.35. The molecule has 4 heteroatoms. The molecule has 0 aliphatic heterocycles. The van der Waals surface area contributed by atoms with Gasteiger partial charge in [-0.2, -0.15) is 0 Å². The fraction of sp³-hybridized carbons (Fsp3) is 0.250. The third kappa shape index (κ3) is 2.39. The Balaban J connectivity index is 2.72. The first-order chi connectivity index (χ1) is 5.74. The van der Waals surface area contributed by atoms with E-state index in [1.54, 1.807) is 6.07 Å². The maximum Gasteiger partial charge on any atom is 0.188 e. The summed E-state index contributed by atoms with van der Waals surface area (Å²) in [5.41, 5.74) is 0. The van der Waals surface area contributed by atoms with Gasteiger partial charge in [0.1, 0.15) is 11.5 Å². The van der Waals surface area contributed by atoms with Crippen molar-refractivity contribution in [2.24, 2.45) is 0 Å². The molecule has 0 spiro atoms. The highest BCUT2D eigenvalue weighted by atomic mass is 79.9. The summed E-state index contributed by atoms with van der Waals surface area (Å²) >= 11 is 3.22. The van der Waals surface area contributed by atoms with E-state index in [9.17, 15) is 0 Å². The summed E-state index contributed by atoms with van der Waals surface area (Å²) in [6, 6.07) is 5.64. The molecule has 0 bridgehead atoms. The van der Waals surface area contributed by atoms with Crippen LogP contribution in [0, 0.1) is 6.07 Å². The number of benzene rings is 1. The molecule has 0 fully saturated rings. The normalized spacial score (nSPS) is 9.83. The molecule has 3 nitrogen and oxygen atoms in total. The van der Waals surface area contributed by atoms with Gasteiger partial charge in [0.05, 0.1) is 4.47 Å². The van der Waals surface area contributed by atoms with Crippen molar-refractivity contribution in [3.63, 3.8) is 0 Å². The minimum absolute atomic E-state index is 0.0756. The summed E-state index contributed by atoms with van der Waals surface area (Å²) in [4.78, 5) is 0. The molecule has 1 radical (unpaired) electrons. The number of methoxy groups -OCH3 is 1. The molecule has 0 saturated heterocycles. The van der Waals surface area contributed by atoms with Gasteiger partial charge in [0.15, 0.2) is 6.79 Å². The van der Waals surface area contributed by atoms with Gasteiger partial charge in [-0.25, -0.2) is 0 Å². The maximum atomic E-state index is 8.99. The Bertz CT molecular complexity index is 262. The van der Waals surface area contributed by atoms with Gasteiger partial charge in [0.25, 0.3) is 0 Å². The van der Waals surface area contributed by atoms with Crippen LogP contribution < -0.4 is 4.74 Å². The van der Waals surface area contributed by atoms with Crippen molar-refractivity contribution in [2.45, 2.75) is 0 Å². The monoisotopic (exact) mass is 231 g/mol. The van der Waals surface area contributed by atoms with Gasteiger partial charge in [0, 0.05) is 13.2 Å². The maximum absolute atomic E-state index is 8.99. The molecule has 0 saturated carbocycles. The smallest absolute Gasteiger partial charge is 0.188 e. The van der Waals surface area contributed by atoms with Crippen molar-refractivity contribution in [3.8, 4) is 11.5 Å². The molecule has 12 heavy (non-hydrogen) atoms. The van der Waals surface area contributed by atoms with E-state index in [0.717, 1.165) is 0 Å². The van der Waals surface area contributed by atoms with E-state index >= 15 is 0 Å². The molecule has 0 aromatic heterocycles. The molecule has 1 N–H and O–H groups in total. The van der Waals surface area contributed by atoms with Crippen LogP contribution in [0.1, 0.15) is 0 Å². The number of hydrogen-bond donors (Lipinski definition) is 1. The quantitative estimate of drug-likeness (QED) is 0.809. The fourth-order valence-electron chi connectivity index (χ4n) is 0.674. The van der Waals surface area contributed by atoms with Crippen LogP contribution in [-0.2, 0) is 4.74 Å². The van der Waals surface area contributed by atoms with E-state index in [4.69, 9.17) is 14.6 Å². The summed E-state index contributed by atoms with van der Waals surface area (Å²) in [6.07, 6.45) is 0. The van der Waals surface area contributed by atoms with Crippen LogP contribution in [0.15, 0.2) is 16.6 Å². The van der Waals surface area contributed by atoms with E-state index in [0.29, 0.717) is 10.2 Å². The summed E-state index contributed by atoms with van der Waals surface area (Å²) < 4.78 is 10.5. The van der Waals surface area contributed by atoms with Gasteiger partial charge in [-0.1, -0.05) is 0 Å². The van der Waals surface area contributed by atoms with E-state index < -0.39 is 0 Å². The van der Waals surface area contributed by atoms with Gasteiger partial charge in [0.2, 0.25) is 0 Å². The zero-order valence-electron chi connectivity index (χ0n) is 6.50. The summed E-state index contributed by atoms with van der Waals surface area (Å²) in [7, 11) is 1.54. The zero-order chi connectivity index (χ0) is 8.97. The lowest BCUT2D eigenvalue weighted by Gasteiger charge is -2.05. The molecule has 65 valence electrons. The summed E-state index contributed by atoms with van der Waals surface area (Å²) in [6.45, 7) is 0.178. The van der Waals surface area contributed by atoms with E-state index in [2.05, 4.69) is 22.0 Å². The Hall–Kier alpha value is -0.740. The Morgan fingerprint density at radius 3 is 3.00 bits per heavy atom. The first-order valence-electron chi connectivity index (χ1n) is 3.26. The Labute approximate surface area is 79.1 Å². The van der Waals surface area contributed by atoms with Crippen molar-refractivity contribution < 1.29 is 14.6 Å². The average molecular weight is 232 g/mol. The Morgan fingerprint density at radius 2 is 2.42 bits per heavy atom. The second kappa shape index (κ2) is 4.33. The highest BCUT2D eigenvalue weighted by Gasteiger charge is 2.01. The third-order valence-electron chi connectivity index (χ3n) is 1.18. The number of halogens is 1. The largest absolute Gasteiger partial charge is 0.507 e. The van der Waals surface area contributed by atoms with Crippen molar-refractivity contribution in [1.29, 1.82) is 0 Å². The van der Waals surface area contributed by atoms with Gasteiger partial charge < -0.3 is 14.6 Å². The van der Waals surface area contributed by atoms with Crippen molar-refractivity contribution >= 4 is 15.9 Å². The summed E-state index contributed by atoms with van der Waals surface area (Å²) in [5.74, 6) is 0.668. The first-order valence-corrected chi connectivity index (χ1v) is 4.05. The molecule has 0 aliphatic carbocycles. The molecule has 0 atom stereocenters. The van der Waals surface area contributed by atoms with Gasteiger partial charge in [-0.05, 0) is 28.1 Å². The second-order valence-corrected chi connectivity index (χ2v) is 2.94. The minimum atomic E-state index is 0.0756. The lowest BCUT2D eigenvalue weighted by atomic mass is 10.3. The number of phenols is 1. The van der Waals surface area contributed by atoms with Crippen LogP contribution in [-0.4, -0.2) is 19.0 Å². The third-order valence-corrected chi connectivity index (χ3v) is 1.80. The number of rotatable bonds is 3. The summed E-state index contributed by atoms with van der Waals surface area (Å²) in [5, 5.41) is 8.99. The molecule has 0 heterocycles. The predicted molar refractivity (Wildman–Crippen MR) is 47.1 cm³/mol. The van der Waals surface area contributed by atoms with Crippen molar-refractivity contribution in [1.82, 2.24) is 0 Å². The van der Waals surface area contributed by atoms with Gasteiger partial charge >= 0.3 is 0 Å². The second-order valence-electron chi connectivity index (χ2n) is 2.08. The minimum Gasteiger partial charge on any atom is -0.507 e. The van der Waals surface area contributed by atoms with E-state index in [1.165, 1.54) is 13.2 Å². The molecule has 0 amide bonds. The fourth-order valence-corrected chi connectivity index (χ4v) is 1.12. The number of hydrogen-bond acceptors (Lipinski definition) is 3. The Kier molecular flexibility index (Phi) is 3.37. The molecule has 0 unspecified atom stereocenters. The van der Waals surface area contributed by atoms with Gasteiger partial charge in [-0.3, -0.25) is 0 Å². The van der Waals surface area contributed by atoms with Crippen molar-refractivity contribution in [2.75, 3.05) is 13.9 Å². The number of aromatic hydroxyl groups is 1. The molecule has 1 aromatic rings. The standard InChI is InChI=1S/C8H8BrO3/c1-11-5-12-8-3-2-6(10)4-7(8)9/h3-4,10H,5H2,1H3. The van der Waals surface area contributed by atoms with Crippen LogP contribution in [0.4, 0.5) is 0 Å².